The Morgan fingerprint density at radius 3 is 2.17 bits per heavy atom. The Kier molecular flexibility index (Phi) is 2.76. The Morgan fingerprint density at radius 1 is 1.25 bits per heavy atom. The van der Waals surface area contributed by atoms with E-state index in [2.05, 4.69) is 0 Å². The Labute approximate surface area is 73.7 Å². The first-order valence-electron chi connectivity index (χ1n) is 4.42. The molecule has 1 fully saturated rings. The summed E-state index contributed by atoms with van der Waals surface area (Å²) in [6, 6.07) is 0. The molecular weight excluding hydrogens is 156 g/mol. The van der Waals surface area contributed by atoms with Gasteiger partial charge in [0.05, 0.1) is 17.8 Å². The summed E-state index contributed by atoms with van der Waals surface area (Å²) in [4.78, 5) is 0. The lowest BCUT2D eigenvalue weighted by molar-refractivity contribution is -0.0600. The van der Waals surface area contributed by atoms with Crippen LogP contribution in [0.2, 0.25) is 0 Å². The molecule has 1 aliphatic heterocycles. The first-order chi connectivity index (χ1) is 5.38. The molecule has 3 nitrogen and oxygen atoms in total. The van der Waals surface area contributed by atoms with Crippen molar-refractivity contribution in [3.8, 4) is 0 Å². The second kappa shape index (κ2) is 3.32. The van der Waals surface area contributed by atoms with Crippen LogP contribution in [0.1, 0.15) is 34.1 Å². The Balaban J connectivity index is 2.43. The summed E-state index contributed by atoms with van der Waals surface area (Å²) in [7, 11) is 0. The molecule has 1 rings (SSSR count). The van der Waals surface area contributed by atoms with Gasteiger partial charge in [0, 0.05) is 6.42 Å². The van der Waals surface area contributed by atoms with Gasteiger partial charge in [-0.2, -0.15) is 0 Å². The normalized spacial score (nSPS) is 37.2. The molecule has 3 atom stereocenters. The molecule has 0 aliphatic carbocycles. The van der Waals surface area contributed by atoms with Gasteiger partial charge in [0.1, 0.15) is 0 Å². The second-order valence-corrected chi connectivity index (χ2v) is 4.10. The van der Waals surface area contributed by atoms with E-state index in [-0.39, 0.29) is 18.5 Å². The van der Waals surface area contributed by atoms with E-state index in [0.717, 1.165) is 0 Å². The third kappa shape index (κ3) is 2.73. The minimum Gasteiger partial charge on any atom is -0.390 e. The molecule has 12 heavy (non-hydrogen) atoms. The molecule has 0 amide bonds. The molecule has 1 saturated heterocycles. The molecule has 3 heteroatoms. The van der Waals surface area contributed by atoms with Crippen molar-refractivity contribution in [2.45, 2.75) is 58.2 Å². The summed E-state index contributed by atoms with van der Waals surface area (Å²) in [6.07, 6.45) is 0.608. The second-order valence-electron chi connectivity index (χ2n) is 4.10. The Morgan fingerprint density at radius 2 is 1.83 bits per heavy atom. The van der Waals surface area contributed by atoms with Crippen LogP contribution in [0, 0.1) is 0 Å². The van der Waals surface area contributed by atoms with Crippen LogP contribution >= 0.6 is 0 Å². The summed E-state index contributed by atoms with van der Waals surface area (Å²) in [5.41, 5.74) is -0.674. The van der Waals surface area contributed by atoms with Gasteiger partial charge in [0.2, 0.25) is 0 Å². The number of hydrogen-bond acceptors (Lipinski definition) is 3. The van der Waals surface area contributed by atoms with Crippen LogP contribution in [0.4, 0.5) is 0 Å². The van der Waals surface area contributed by atoms with Crippen LogP contribution in [0.3, 0.4) is 0 Å². The highest BCUT2D eigenvalue weighted by Gasteiger charge is 2.33. The zero-order valence-electron chi connectivity index (χ0n) is 8.20. The van der Waals surface area contributed by atoms with Crippen molar-refractivity contribution < 1.29 is 14.6 Å². The maximum Gasteiger partial charge on any atom is 0.155 e. The topological polar surface area (TPSA) is 38.7 Å². The standard InChI is InChI=1S/C9H18O3/c1-6-8(5-9(3,4)10)12-7(2)11-6/h6-8,10H,5H2,1-4H3. The quantitative estimate of drug-likeness (QED) is 0.685. The van der Waals surface area contributed by atoms with Crippen LogP contribution in [0.25, 0.3) is 0 Å². The van der Waals surface area contributed by atoms with Crippen LogP contribution < -0.4 is 0 Å². The number of rotatable bonds is 2. The molecule has 0 bridgehead atoms. The van der Waals surface area contributed by atoms with Crippen LogP contribution in [-0.2, 0) is 9.47 Å². The molecule has 1 N–H and O–H groups in total. The van der Waals surface area contributed by atoms with Gasteiger partial charge in [0.15, 0.2) is 6.29 Å². The summed E-state index contributed by atoms with van der Waals surface area (Å²) >= 11 is 0. The molecule has 0 aromatic rings. The maximum atomic E-state index is 9.55. The summed E-state index contributed by atoms with van der Waals surface area (Å²) in [5.74, 6) is 0. The molecule has 72 valence electrons. The summed E-state index contributed by atoms with van der Waals surface area (Å²) < 4.78 is 10.9. The smallest absolute Gasteiger partial charge is 0.155 e. The van der Waals surface area contributed by atoms with Crippen molar-refractivity contribution in [3.63, 3.8) is 0 Å². The average molecular weight is 174 g/mol. The molecule has 1 aliphatic rings. The van der Waals surface area contributed by atoms with Gasteiger partial charge in [0.25, 0.3) is 0 Å². The molecule has 0 aromatic heterocycles. The molecule has 0 radical (unpaired) electrons. The van der Waals surface area contributed by atoms with Gasteiger partial charge in [-0.15, -0.1) is 0 Å². The van der Waals surface area contributed by atoms with Crippen molar-refractivity contribution in [1.82, 2.24) is 0 Å². The van der Waals surface area contributed by atoms with E-state index in [1.807, 2.05) is 13.8 Å². The van der Waals surface area contributed by atoms with E-state index in [4.69, 9.17) is 9.47 Å². The lowest BCUT2D eigenvalue weighted by atomic mass is 9.98. The third-order valence-electron chi connectivity index (χ3n) is 2.00. The fourth-order valence-electron chi connectivity index (χ4n) is 1.49. The van der Waals surface area contributed by atoms with E-state index in [0.29, 0.717) is 6.42 Å². The van der Waals surface area contributed by atoms with Gasteiger partial charge in [-0.05, 0) is 27.7 Å². The first-order valence-corrected chi connectivity index (χ1v) is 4.42. The van der Waals surface area contributed by atoms with E-state index >= 15 is 0 Å². The fourth-order valence-corrected chi connectivity index (χ4v) is 1.49. The fraction of sp³-hybridized carbons (Fsp3) is 1.00. The van der Waals surface area contributed by atoms with Crippen molar-refractivity contribution >= 4 is 0 Å². The molecule has 3 unspecified atom stereocenters. The van der Waals surface area contributed by atoms with E-state index in [1.165, 1.54) is 0 Å². The van der Waals surface area contributed by atoms with Gasteiger partial charge in [-0.1, -0.05) is 0 Å². The van der Waals surface area contributed by atoms with Gasteiger partial charge in [-0.3, -0.25) is 0 Å². The van der Waals surface area contributed by atoms with Crippen molar-refractivity contribution in [1.29, 1.82) is 0 Å². The van der Waals surface area contributed by atoms with Gasteiger partial charge >= 0.3 is 0 Å². The zero-order chi connectivity index (χ0) is 9.35. The Bertz CT molecular complexity index is 150. The largest absolute Gasteiger partial charge is 0.390 e. The highest BCUT2D eigenvalue weighted by molar-refractivity contribution is 4.79. The van der Waals surface area contributed by atoms with Crippen LogP contribution in [0.15, 0.2) is 0 Å². The summed E-state index contributed by atoms with van der Waals surface area (Å²) in [6.45, 7) is 7.42. The first kappa shape index (κ1) is 9.96. The maximum absolute atomic E-state index is 9.55. The zero-order valence-corrected chi connectivity index (χ0v) is 8.20. The van der Waals surface area contributed by atoms with Gasteiger partial charge in [-0.25, -0.2) is 0 Å². The molecule has 0 saturated carbocycles. The number of ether oxygens (including phenoxy) is 2. The van der Waals surface area contributed by atoms with E-state index < -0.39 is 5.60 Å². The lowest BCUT2D eigenvalue weighted by Crippen LogP contribution is -2.31. The van der Waals surface area contributed by atoms with Crippen molar-refractivity contribution in [2.24, 2.45) is 0 Å². The highest BCUT2D eigenvalue weighted by atomic mass is 16.7. The minimum atomic E-state index is -0.674. The number of hydrogen-bond donors (Lipinski definition) is 1. The lowest BCUT2D eigenvalue weighted by Gasteiger charge is -2.22. The summed E-state index contributed by atoms with van der Waals surface area (Å²) in [5, 5.41) is 9.55. The van der Waals surface area contributed by atoms with Crippen LogP contribution in [-0.4, -0.2) is 29.2 Å². The molecule has 0 spiro atoms. The van der Waals surface area contributed by atoms with Crippen LogP contribution in [0.5, 0.6) is 0 Å². The van der Waals surface area contributed by atoms with E-state index in [9.17, 15) is 5.11 Å². The highest BCUT2D eigenvalue weighted by Crippen LogP contribution is 2.25. The van der Waals surface area contributed by atoms with Crippen molar-refractivity contribution in [3.05, 3.63) is 0 Å². The molecule has 0 aromatic carbocycles. The number of aliphatic hydroxyl groups is 1. The SMILES string of the molecule is CC1OC(C)C(CC(C)(C)O)O1. The average Bonchev–Trinajstić information content (AvgIpc) is 2.06. The third-order valence-corrected chi connectivity index (χ3v) is 2.00. The van der Waals surface area contributed by atoms with Gasteiger partial charge < -0.3 is 14.6 Å². The minimum absolute atomic E-state index is 0.0278. The van der Waals surface area contributed by atoms with E-state index in [1.54, 1.807) is 13.8 Å². The molecular formula is C9H18O3. The Hall–Kier alpha value is -0.120. The monoisotopic (exact) mass is 174 g/mol. The molecule has 1 heterocycles. The predicted molar refractivity (Wildman–Crippen MR) is 45.8 cm³/mol. The predicted octanol–water partition coefficient (Wildman–Crippen LogP) is 1.30. The van der Waals surface area contributed by atoms with Crippen molar-refractivity contribution in [2.75, 3.05) is 0 Å².